The molecule has 0 saturated heterocycles. The molecule has 1 spiro atoms. The molecule has 0 N–H and O–H groups in total. The van der Waals surface area contributed by atoms with E-state index in [1.807, 2.05) is 60.7 Å². The van der Waals surface area contributed by atoms with E-state index in [2.05, 4.69) is 134 Å². The topological polar surface area (TPSA) is 51.6 Å². The van der Waals surface area contributed by atoms with Gasteiger partial charge < -0.3 is 0 Å². The lowest BCUT2D eigenvalue weighted by Gasteiger charge is -2.31. The van der Waals surface area contributed by atoms with Crippen molar-refractivity contribution in [2.75, 3.05) is 0 Å². The quantitative estimate of drug-likeness (QED) is 0.179. The Morgan fingerprint density at radius 2 is 0.745 bits per heavy atom. The van der Waals surface area contributed by atoms with Crippen molar-refractivity contribution in [1.29, 1.82) is 0 Å². The third kappa shape index (κ3) is 4.85. The molecule has 9 aromatic rings. The molecule has 0 radical (unpaired) electrons. The van der Waals surface area contributed by atoms with Gasteiger partial charge in [-0.1, -0.05) is 170 Å². The van der Waals surface area contributed by atoms with Crippen LogP contribution in [0.4, 0.5) is 0 Å². The van der Waals surface area contributed by atoms with Crippen molar-refractivity contribution in [2.45, 2.75) is 5.41 Å². The molecule has 256 valence electrons. The second-order valence-electron chi connectivity index (χ2n) is 14.2. The van der Waals surface area contributed by atoms with Crippen LogP contribution in [-0.2, 0) is 5.41 Å². The van der Waals surface area contributed by atoms with Crippen molar-refractivity contribution in [2.24, 2.45) is 0 Å². The molecule has 7 aromatic carbocycles. The van der Waals surface area contributed by atoms with Gasteiger partial charge in [0.15, 0.2) is 17.5 Å². The summed E-state index contributed by atoms with van der Waals surface area (Å²) in [5, 5.41) is 0. The van der Waals surface area contributed by atoms with E-state index >= 15 is 0 Å². The molecule has 55 heavy (non-hydrogen) atoms. The van der Waals surface area contributed by atoms with Gasteiger partial charge in [-0.3, -0.25) is 4.98 Å². The van der Waals surface area contributed by atoms with Crippen LogP contribution in [0.5, 0.6) is 0 Å². The molecule has 2 heterocycles. The number of aromatic nitrogens is 4. The SMILES string of the molecule is c1ccc(-c2cc3c(cn2)-c2ccccc2C32c3ccccc3-c3ccc(-c4cccc(-c5nc(-c6ccccc6)nc(-c6ccccc6)n5)c4)cc32)cc1. The number of benzene rings is 7. The molecule has 0 bridgehead atoms. The fourth-order valence-corrected chi connectivity index (χ4v) is 8.75. The first kappa shape index (κ1) is 31.2. The van der Waals surface area contributed by atoms with Crippen molar-refractivity contribution in [3.8, 4) is 78.8 Å². The van der Waals surface area contributed by atoms with Crippen molar-refractivity contribution < 1.29 is 0 Å². The Morgan fingerprint density at radius 3 is 1.38 bits per heavy atom. The Kier molecular flexibility index (Phi) is 7.04. The van der Waals surface area contributed by atoms with Gasteiger partial charge in [-0.05, 0) is 68.3 Å². The lowest BCUT2D eigenvalue weighted by atomic mass is 9.70. The monoisotopic (exact) mass is 700 g/mol. The molecule has 0 saturated carbocycles. The number of rotatable bonds is 5. The summed E-state index contributed by atoms with van der Waals surface area (Å²) in [6, 6.07) is 66.5. The van der Waals surface area contributed by atoms with E-state index in [0.29, 0.717) is 17.5 Å². The number of fused-ring (bicyclic) bond motifs is 10. The van der Waals surface area contributed by atoms with Gasteiger partial charge in [0, 0.05) is 34.0 Å². The van der Waals surface area contributed by atoms with Crippen LogP contribution in [0.2, 0.25) is 0 Å². The molecular formula is C51H32N4. The van der Waals surface area contributed by atoms with Crippen LogP contribution in [0.15, 0.2) is 194 Å². The molecule has 1 atom stereocenters. The minimum absolute atomic E-state index is 0.499. The van der Waals surface area contributed by atoms with Gasteiger partial charge >= 0.3 is 0 Å². The molecule has 2 aromatic heterocycles. The van der Waals surface area contributed by atoms with Crippen molar-refractivity contribution in [3.63, 3.8) is 0 Å². The largest absolute Gasteiger partial charge is 0.256 e. The Labute approximate surface area is 319 Å². The highest BCUT2D eigenvalue weighted by molar-refractivity contribution is 5.96. The maximum atomic E-state index is 5.03. The maximum absolute atomic E-state index is 5.03. The van der Waals surface area contributed by atoms with Gasteiger partial charge in [-0.2, -0.15) is 0 Å². The first-order chi connectivity index (χ1) is 27.3. The third-order valence-electron chi connectivity index (χ3n) is 11.2. The average molecular weight is 701 g/mol. The molecule has 2 aliphatic rings. The zero-order valence-corrected chi connectivity index (χ0v) is 29.8. The Bertz CT molecular complexity index is 2850. The van der Waals surface area contributed by atoms with Crippen molar-refractivity contribution in [1.82, 2.24) is 19.9 Å². The molecule has 0 amide bonds. The van der Waals surface area contributed by atoms with Crippen molar-refractivity contribution >= 4 is 0 Å². The summed E-state index contributed by atoms with van der Waals surface area (Å²) >= 11 is 0. The summed E-state index contributed by atoms with van der Waals surface area (Å²) in [5.41, 5.74) is 16.7. The van der Waals surface area contributed by atoms with E-state index in [4.69, 9.17) is 19.9 Å². The highest BCUT2D eigenvalue weighted by Gasteiger charge is 2.52. The summed E-state index contributed by atoms with van der Waals surface area (Å²) in [5.74, 6) is 1.93. The van der Waals surface area contributed by atoms with Gasteiger partial charge in [0.1, 0.15) is 0 Å². The van der Waals surface area contributed by atoms with E-state index < -0.39 is 5.41 Å². The van der Waals surface area contributed by atoms with Gasteiger partial charge in [0.05, 0.1) is 11.1 Å². The fourth-order valence-electron chi connectivity index (χ4n) is 8.75. The van der Waals surface area contributed by atoms with E-state index in [9.17, 15) is 0 Å². The first-order valence-electron chi connectivity index (χ1n) is 18.6. The van der Waals surface area contributed by atoms with Crippen LogP contribution < -0.4 is 0 Å². The Morgan fingerprint density at radius 1 is 0.291 bits per heavy atom. The molecule has 0 aliphatic heterocycles. The lowest BCUT2D eigenvalue weighted by Crippen LogP contribution is -2.26. The fraction of sp³-hybridized carbons (Fsp3) is 0.0196. The second kappa shape index (κ2) is 12.4. The molecule has 0 fully saturated rings. The van der Waals surface area contributed by atoms with Gasteiger partial charge in [-0.15, -0.1) is 0 Å². The molecule has 4 heteroatoms. The minimum atomic E-state index is -0.499. The predicted octanol–water partition coefficient (Wildman–Crippen LogP) is 11.9. The number of hydrogen-bond donors (Lipinski definition) is 0. The smallest absolute Gasteiger partial charge is 0.164 e. The standard InChI is InChI=1S/C51H32N4/c1-4-15-33(16-5-1)47-31-46-42(32-52-47)40-24-11-13-26-44(40)51(46)43-25-12-10-23-39(43)41-28-27-37(30-45(41)51)36-21-14-22-38(29-36)50-54-48(34-17-6-2-7-18-34)53-49(55-50)35-19-8-3-9-20-35/h1-32H. The highest BCUT2D eigenvalue weighted by atomic mass is 15.0. The summed E-state index contributed by atoms with van der Waals surface area (Å²) in [4.78, 5) is 20.0. The van der Waals surface area contributed by atoms with E-state index in [0.717, 1.165) is 39.1 Å². The van der Waals surface area contributed by atoms with Crippen LogP contribution in [-0.4, -0.2) is 19.9 Å². The van der Waals surface area contributed by atoms with Gasteiger partial charge in [0.2, 0.25) is 0 Å². The number of pyridine rings is 1. The average Bonchev–Trinajstić information content (AvgIpc) is 3.74. The molecule has 11 rings (SSSR count). The second-order valence-corrected chi connectivity index (χ2v) is 14.2. The molecule has 4 nitrogen and oxygen atoms in total. The molecule has 1 unspecified atom stereocenters. The number of nitrogens with zero attached hydrogens (tertiary/aromatic N) is 4. The zero-order valence-electron chi connectivity index (χ0n) is 29.8. The van der Waals surface area contributed by atoms with Crippen LogP contribution in [0, 0.1) is 0 Å². The van der Waals surface area contributed by atoms with Crippen LogP contribution >= 0.6 is 0 Å². The maximum Gasteiger partial charge on any atom is 0.164 e. The van der Waals surface area contributed by atoms with E-state index in [1.165, 1.54) is 44.5 Å². The van der Waals surface area contributed by atoms with Crippen molar-refractivity contribution in [3.05, 3.63) is 217 Å². The van der Waals surface area contributed by atoms with Crippen LogP contribution in [0.3, 0.4) is 0 Å². The summed E-state index contributed by atoms with van der Waals surface area (Å²) in [7, 11) is 0. The highest BCUT2D eigenvalue weighted by Crippen LogP contribution is 2.63. The summed E-state index contributed by atoms with van der Waals surface area (Å²) in [6.07, 6.45) is 2.08. The summed E-state index contributed by atoms with van der Waals surface area (Å²) in [6.45, 7) is 0. The van der Waals surface area contributed by atoms with E-state index in [-0.39, 0.29) is 0 Å². The van der Waals surface area contributed by atoms with Crippen LogP contribution in [0.1, 0.15) is 22.3 Å². The van der Waals surface area contributed by atoms with Crippen LogP contribution in [0.25, 0.3) is 78.8 Å². The minimum Gasteiger partial charge on any atom is -0.256 e. The Hall–Kier alpha value is -7.30. The Balaban J connectivity index is 1.10. The lowest BCUT2D eigenvalue weighted by molar-refractivity contribution is 0.793. The molecule has 2 aliphatic carbocycles. The predicted molar refractivity (Wildman–Crippen MR) is 221 cm³/mol. The number of hydrogen-bond acceptors (Lipinski definition) is 4. The normalized spacial score (nSPS) is 14.6. The van der Waals surface area contributed by atoms with Gasteiger partial charge in [0.25, 0.3) is 0 Å². The van der Waals surface area contributed by atoms with E-state index in [1.54, 1.807) is 0 Å². The van der Waals surface area contributed by atoms with Gasteiger partial charge in [-0.25, -0.2) is 15.0 Å². The zero-order chi connectivity index (χ0) is 36.3. The third-order valence-corrected chi connectivity index (χ3v) is 11.2. The summed E-state index contributed by atoms with van der Waals surface area (Å²) < 4.78 is 0. The molecular weight excluding hydrogens is 669 g/mol. The first-order valence-corrected chi connectivity index (χ1v) is 18.6.